The minimum absolute atomic E-state index is 0.384. The molecule has 0 spiro atoms. The highest BCUT2D eigenvalue weighted by molar-refractivity contribution is 7.92. The maximum absolute atomic E-state index is 11.0. The molecule has 1 aliphatic heterocycles. The van der Waals surface area contributed by atoms with Crippen molar-refractivity contribution in [2.45, 2.75) is 6.04 Å². The summed E-state index contributed by atoms with van der Waals surface area (Å²) in [5.74, 6) is -2.34. The third-order valence-corrected chi connectivity index (χ3v) is 3.14. The number of carbonyl (C=O) groups is 2. The molecule has 0 aromatic heterocycles. The fourth-order valence-electron chi connectivity index (χ4n) is 1.06. The van der Waals surface area contributed by atoms with Gasteiger partial charge in [0.2, 0.25) is 5.91 Å². The summed E-state index contributed by atoms with van der Waals surface area (Å²) in [5, 5.41) is 2.23. The lowest BCUT2D eigenvalue weighted by molar-refractivity contribution is -0.144. The number of esters is 1. The zero-order valence-electron chi connectivity index (χ0n) is 6.94. The molecule has 1 unspecified atom stereocenters. The van der Waals surface area contributed by atoms with E-state index in [9.17, 15) is 18.0 Å². The van der Waals surface area contributed by atoms with E-state index in [-0.39, 0.29) is 5.75 Å². The predicted octanol–water partition coefficient (Wildman–Crippen LogP) is -1.93. The second kappa shape index (κ2) is 3.33. The van der Waals surface area contributed by atoms with Gasteiger partial charge in [0, 0.05) is 0 Å². The highest BCUT2D eigenvalue weighted by atomic mass is 32.2. The number of sulfone groups is 1. The van der Waals surface area contributed by atoms with Crippen molar-refractivity contribution in [1.29, 1.82) is 0 Å². The van der Waals surface area contributed by atoms with Crippen molar-refractivity contribution >= 4 is 21.7 Å². The average molecular weight is 207 g/mol. The van der Waals surface area contributed by atoms with E-state index in [4.69, 9.17) is 0 Å². The molecule has 0 radical (unpaired) electrons. The Kier molecular flexibility index (Phi) is 2.55. The summed E-state index contributed by atoms with van der Waals surface area (Å²) >= 11 is 0. The van der Waals surface area contributed by atoms with Crippen LogP contribution in [0.25, 0.3) is 0 Å². The Bertz CT molecular complexity index is 333. The van der Waals surface area contributed by atoms with Crippen LogP contribution in [0, 0.1) is 0 Å². The summed E-state index contributed by atoms with van der Waals surface area (Å²) in [4.78, 5) is 21.7. The quantitative estimate of drug-likeness (QED) is 0.506. The Morgan fingerprint density at radius 3 is 2.69 bits per heavy atom. The van der Waals surface area contributed by atoms with Crippen LogP contribution in [0.5, 0.6) is 0 Å². The first-order chi connectivity index (χ1) is 5.94. The first-order valence-corrected chi connectivity index (χ1v) is 5.34. The Morgan fingerprint density at radius 2 is 2.23 bits per heavy atom. The van der Waals surface area contributed by atoms with E-state index in [0.717, 1.165) is 7.11 Å². The molecule has 74 valence electrons. The maximum Gasteiger partial charge on any atom is 0.329 e. The van der Waals surface area contributed by atoms with Crippen molar-refractivity contribution in [3.63, 3.8) is 0 Å². The monoisotopic (exact) mass is 207 g/mol. The van der Waals surface area contributed by atoms with Gasteiger partial charge in [0.15, 0.2) is 9.84 Å². The van der Waals surface area contributed by atoms with Crippen molar-refractivity contribution in [3.8, 4) is 0 Å². The molecule has 0 aliphatic carbocycles. The lowest BCUT2D eigenvalue weighted by atomic mass is 10.3. The maximum atomic E-state index is 11.0. The van der Waals surface area contributed by atoms with Gasteiger partial charge in [0.25, 0.3) is 0 Å². The highest BCUT2D eigenvalue weighted by Crippen LogP contribution is 2.03. The van der Waals surface area contributed by atoms with E-state index in [1.807, 2.05) is 0 Å². The molecule has 1 atom stereocenters. The Morgan fingerprint density at radius 1 is 1.62 bits per heavy atom. The SMILES string of the molecule is COC(=O)C1CS(=O)(=O)CC(=O)N1. The van der Waals surface area contributed by atoms with Crippen molar-refractivity contribution in [1.82, 2.24) is 5.32 Å². The van der Waals surface area contributed by atoms with Crippen LogP contribution in [0.3, 0.4) is 0 Å². The topological polar surface area (TPSA) is 89.5 Å². The molecule has 1 aliphatic rings. The Balaban J connectivity index is 2.80. The molecule has 0 bridgehead atoms. The number of rotatable bonds is 1. The molecule has 13 heavy (non-hydrogen) atoms. The van der Waals surface area contributed by atoms with Gasteiger partial charge in [-0.05, 0) is 0 Å². The molecule has 1 saturated heterocycles. The summed E-state index contributed by atoms with van der Waals surface area (Å²) in [7, 11) is -2.31. The summed E-state index contributed by atoms with van der Waals surface area (Å²) in [6.07, 6.45) is 0. The third-order valence-electron chi connectivity index (χ3n) is 1.59. The number of methoxy groups -OCH3 is 1. The molecular weight excluding hydrogens is 198 g/mol. The van der Waals surface area contributed by atoms with Gasteiger partial charge in [-0.3, -0.25) is 4.79 Å². The second-order valence-corrected chi connectivity index (χ2v) is 4.81. The fourth-order valence-corrected chi connectivity index (χ4v) is 2.39. The van der Waals surface area contributed by atoms with E-state index in [1.54, 1.807) is 0 Å². The van der Waals surface area contributed by atoms with E-state index < -0.39 is 33.5 Å². The molecule has 6 nitrogen and oxygen atoms in total. The van der Waals surface area contributed by atoms with Crippen molar-refractivity contribution in [2.75, 3.05) is 18.6 Å². The molecule has 1 rings (SSSR count). The fraction of sp³-hybridized carbons (Fsp3) is 0.667. The van der Waals surface area contributed by atoms with Gasteiger partial charge in [-0.15, -0.1) is 0 Å². The summed E-state index contributed by atoms with van der Waals surface area (Å²) in [6, 6.07) is -1.06. The number of amides is 1. The first-order valence-electron chi connectivity index (χ1n) is 3.52. The van der Waals surface area contributed by atoms with Crippen LogP contribution >= 0.6 is 0 Å². The lowest BCUT2D eigenvalue weighted by Gasteiger charge is -2.20. The van der Waals surface area contributed by atoms with Gasteiger partial charge in [0.1, 0.15) is 11.8 Å². The molecule has 1 amide bonds. The molecule has 0 saturated carbocycles. The minimum Gasteiger partial charge on any atom is -0.467 e. The Labute approximate surface area is 75.2 Å². The normalized spacial score (nSPS) is 26.2. The van der Waals surface area contributed by atoms with Gasteiger partial charge in [-0.1, -0.05) is 0 Å². The van der Waals surface area contributed by atoms with E-state index >= 15 is 0 Å². The van der Waals surface area contributed by atoms with Gasteiger partial charge in [-0.2, -0.15) is 0 Å². The number of ether oxygens (including phenoxy) is 1. The zero-order chi connectivity index (χ0) is 10.1. The Hall–Kier alpha value is -1.11. The van der Waals surface area contributed by atoms with Crippen LogP contribution in [0.1, 0.15) is 0 Å². The first kappa shape index (κ1) is 9.97. The molecule has 0 aromatic carbocycles. The van der Waals surface area contributed by atoms with E-state index in [1.165, 1.54) is 0 Å². The summed E-state index contributed by atoms with van der Waals surface area (Å²) in [5.41, 5.74) is 0. The van der Waals surface area contributed by atoms with Crippen molar-refractivity contribution < 1.29 is 22.7 Å². The molecule has 0 aromatic rings. The van der Waals surface area contributed by atoms with Crippen LogP contribution in [0.4, 0.5) is 0 Å². The lowest BCUT2D eigenvalue weighted by Crippen LogP contribution is -2.53. The van der Waals surface area contributed by atoms with Gasteiger partial charge >= 0.3 is 5.97 Å². The highest BCUT2D eigenvalue weighted by Gasteiger charge is 2.34. The third kappa shape index (κ3) is 2.41. The molecular formula is C6H9NO5S. The predicted molar refractivity (Wildman–Crippen MR) is 42.6 cm³/mol. The number of nitrogens with one attached hydrogen (secondary N) is 1. The summed E-state index contributed by atoms with van der Waals surface area (Å²) < 4.78 is 26.4. The number of hydrogen-bond donors (Lipinski definition) is 1. The molecule has 1 heterocycles. The van der Waals surface area contributed by atoms with E-state index in [0.29, 0.717) is 0 Å². The molecule has 7 heteroatoms. The van der Waals surface area contributed by atoms with Crippen molar-refractivity contribution in [3.05, 3.63) is 0 Å². The van der Waals surface area contributed by atoms with Crippen LogP contribution < -0.4 is 5.32 Å². The van der Waals surface area contributed by atoms with Crippen LogP contribution in [0.15, 0.2) is 0 Å². The number of carbonyl (C=O) groups excluding carboxylic acids is 2. The number of hydrogen-bond acceptors (Lipinski definition) is 5. The second-order valence-electron chi connectivity index (χ2n) is 2.70. The smallest absolute Gasteiger partial charge is 0.329 e. The van der Waals surface area contributed by atoms with Crippen LogP contribution in [0.2, 0.25) is 0 Å². The minimum atomic E-state index is -3.45. The van der Waals surface area contributed by atoms with Crippen molar-refractivity contribution in [2.24, 2.45) is 0 Å². The summed E-state index contributed by atoms with van der Waals surface area (Å²) in [6.45, 7) is 0. The van der Waals surface area contributed by atoms with Crippen LogP contribution in [-0.4, -0.2) is 45.0 Å². The molecule has 1 fully saturated rings. The van der Waals surface area contributed by atoms with Gasteiger partial charge < -0.3 is 10.1 Å². The largest absolute Gasteiger partial charge is 0.467 e. The molecule has 1 N–H and O–H groups in total. The standard InChI is InChI=1S/C6H9NO5S/c1-12-6(9)4-2-13(10,11)3-5(8)7-4/h4H,2-3H2,1H3,(H,7,8). The van der Waals surface area contributed by atoms with Gasteiger partial charge in [-0.25, -0.2) is 13.2 Å². The zero-order valence-corrected chi connectivity index (χ0v) is 7.76. The van der Waals surface area contributed by atoms with E-state index in [2.05, 4.69) is 10.1 Å². The van der Waals surface area contributed by atoms with Gasteiger partial charge in [0.05, 0.1) is 12.9 Å². The average Bonchev–Trinajstić information content (AvgIpc) is 1.99. The van der Waals surface area contributed by atoms with Crippen LogP contribution in [-0.2, 0) is 24.2 Å².